The number of carbonyl (C=O) groups excluding carboxylic acids is 1. The van der Waals surface area contributed by atoms with E-state index in [0.29, 0.717) is 6.04 Å². The number of rotatable bonds is 4. The van der Waals surface area contributed by atoms with E-state index in [1.54, 1.807) is 0 Å². The highest BCUT2D eigenvalue weighted by atomic mass is 16.2. The van der Waals surface area contributed by atoms with E-state index >= 15 is 0 Å². The first-order valence-electron chi connectivity index (χ1n) is 7.59. The smallest absolute Gasteiger partial charge is 0.317 e. The molecule has 1 saturated carbocycles. The summed E-state index contributed by atoms with van der Waals surface area (Å²) in [5.74, 6) is 1.58. The summed E-state index contributed by atoms with van der Waals surface area (Å²) in [5.41, 5.74) is 0. The first kappa shape index (κ1) is 12.3. The molecule has 4 heteroatoms. The van der Waals surface area contributed by atoms with Gasteiger partial charge in [-0.15, -0.1) is 0 Å². The molecule has 2 amide bonds. The number of carbonyl (C=O) groups is 1. The molecule has 102 valence electrons. The molecule has 0 spiro atoms. The van der Waals surface area contributed by atoms with Crippen molar-refractivity contribution in [3.8, 4) is 0 Å². The van der Waals surface area contributed by atoms with Crippen LogP contribution >= 0.6 is 0 Å². The zero-order chi connectivity index (χ0) is 12.4. The minimum absolute atomic E-state index is 0.181. The van der Waals surface area contributed by atoms with Gasteiger partial charge in [-0.2, -0.15) is 0 Å². The molecule has 3 aliphatic rings. The van der Waals surface area contributed by atoms with Crippen LogP contribution in [0.25, 0.3) is 0 Å². The molecule has 18 heavy (non-hydrogen) atoms. The lowest BCUT2D eigenvalue weighted by molar-refractivity contribution is 0.209. The highest BCUT2D eigenvalue weighted by Gasteiger charge is 2.36. The minimum atomic E-state index is 0.181. The molecular formula is C14H25N3O. The first-order chi connectivity index (χ1) is 8.83. The Balaban J connectivity index is 1.43. The Morgan fingerprint density at radius 2 is 1.94 bits per heavy atom. The summed E-state index contributed by atoms with van der Waals surface area (Å²) < 4.78 is 0. The van der Waals surface area contributed by atoms with Crippen LogP contribution in [0.15, 0.2) is 0 Å². The molecule has 1 unspecified atom stereocenters. The van der Waals surface area contributed by atoms with Crippen molar-refractivity contribution in [3.05, 3.63) is 0 Å². The molecule has 2 N–H and O–H groups in total. The fourth-order valence-electron chi connectivity index (χ4n) is 3.43. The standard InChI is InChI=1S/C14H25N3O/c18-14-16-13(12-2-1-3-12)10-17(14)9-6-11-4-7-15-8-5-11/h11-13,15H,1-10H2,(H,16,18). The van der Waals surface area contributed by atoms with Gasteiger partial charge in [0.05, 0.1) is 6.04 Å². The third-order valence-electron chi connectivity index (χ3n) is 5.00. The number of piperidine rings is 1. The van der Waals surface area contributed by atoms with Crippen molar-refractivity contribution < 1.29 is 4.79 Å². The van der Waals surface area contributed by atoms with Crippen molar-refractivity contribution in [2.75, 3.05) is 26.2 Å². The number of nitrogens with zero attached hydrogens (tertiary/aromatic N) is 1. The average Bonchev–Trinajstić information content (AvgIpc) is 2.67. The predicted octanol–water partition coefficient (Wildman–Crippen LogP) is 1.57. The van der Waals surface area contributed by atoms with E-state index in [4.69, 9.17) is 0 Å². The Morgan fingerprint density at radius 3 is 2.61 bits per heavy atom. The summed E-state index contributed by atoms with van der Waals surface area (Å²) in [5, 5.41) is 6.56. The molecule has 0 aromatic heterocycles. The molecule has 3 rings (SSSR count). The predicted molar refractivity (Wildman–Crippen MR) is 71.4 cm³/mol. The number of urea groups is 1. The SMILES string of the molecule is O=C1NC(C2CCC2)CN1CCC1CCNCC1. The van der Waals surface area contributed by atoms with Gasteiger partial charge in [0, 0.05) is 13.1 Å². The maximum Gasteiger partial charge on any atom is 0.317 e. The Labute approximate surface area is 109 Å². The van der Waals surface area contributed by atoms with Gasteiger partial charge < -0.3 is 15.5 Å². The summed E-state index contributed by atoms with van der Waals surface area (Å²) in [6, 6.07) is 0.625. The fourth-order valence-corrected chi connectivity index (χ4v) is 3.43. The molecule has 0 aromatic carbocycles. The lowest BCUT2D eigenvalue weighted by Gasteiger charge is -2.30. The normalized spacial score (nSPS) is 30.3. The molecular weight excluding hydrogens is 226 g/mol. The first-order valence-corrected chi connectivity index (χ1v) is 7.59. The van der Waals surface area contributed by atoms with Crippen LogP contribution in [-0.2, 0) is 0 Å². The van der Waals surface area contributed by atoms with Crippen molar-refractivity contribution in [2.45, 2.75) is 44.6 Å². The molecule has 2 aliphatic heterocycles. The average molecular weight is 251 g/mol. The Hall–Kier alpha value is -0.770. The number of amides is 2. The summed E-state index contributed by atoms with van der Waals surface area (Å²) >= 11 is 0. The van der Waals surface area contributed by atoms with Gasteiger partial charge in [0.1, 0.15) is 0 Å². The lowest BCUT2D eigenvalue weighted by Crippen LogP contribution is -2.37. The van der Waals surface area contributed by atoms with E-state index in [1.807, 2.05) is 4.90 Å². The Bertz CT molecular complexity index is 297. The van der Waals surface area contributed by atoms with Crippen molar-refractivity contribution in [2.24, 2.45) is 11.8 Å². The lowest BCUT2D eigenvalue weighted by atomic mass is 9.80. The summed E-state index contributed by atoms with van der Waals surface area (Å²) in [6.07, 6.45) is 7.72. The van der Waals surface area contributed by atoms with E-state index in [-0.39, 0.29) is 6.03 Å². The summed E-state index contributed by atoms with van der Waals surface area (Å²) in [6.45, 7) is 4.22. The van der Waals surface area contributed by atoms with Crippen molar-refractivity contribution in [3.63, 3.8) is 0 Å². The van der Waals surface area contributed by atoms with Gasteiger partial charge in [0.25, 0.3) is 0 Å². The minimum Gasteiger partial charge on any atom is -0.333 e. The van der Waals surface area contributed by atoms with Crippen LogP contribution in [0, 0.1) is 11.8 Å². The number of hydrogen-bond donors (Lipinski definition) is 2. The zero-order valence-corrected chi connectivity index (χ0v) is 11.2. The summed E-state index contributed by atoms with van der Waals surface area (Å²) in [4.78, 5) is 14.0. The second kappa shape index (κ2) is 5.47. The largest absolute Gasteiger partial charge is 0.333 e. The van der Waals surface area contributed by atoms with E-state index in [1.165, 1.54) is 38.5 Å². The highest BCUT2D eigenvalue weighted by molar-refractivity contribution is 5.76. The van der Waals surface area contributed by atoms with Gasteiger partial charge in [0.2, 0.25) is 0 Å². The van der Waals surface area contributed by atoms with Gasteiger partial charge in [-0.25, -0.2) is 4.79 Å². The van der Waals surface area contributed by atoms with Crippen molar-refractivity contribution in [1.29, 1.82) is 0 Å². The molecule has 0 aromatic rings. The van der Waals surface area contributed by atoms with Crippen LogP contribution in [0.2, 0.25) is 0 Å². The second-order valence-corrected chi connectivity index (χ2v) is 6.18. The van der Waals surface area contributed by atoms with Gasteiger partial charge in [0.15, 0.2) is 0 Å². The van der Waals surface area contributed by atoms with E-state index in [2.05, 4.69) is 10.6 Å². The molecule has 0 radical (unpaired) electrons. The van der Waals surface area contributed by atoms with Crippen LogP contribution in [0.3, 0.4) is 0 Å². The monoisotopic (exact) mass is 251 g/mol. The van der Waals surface area contributed by atoms with Gasteiger partial charge >= 0.3 is 6.03 Å². The van der Waals surface area contributed by atoms with Crippen LogP contribution < -0.4 is 10.6 Å². The Morgan fingerprint density at radius 1 is 1.17 bits per heavy atom. The highest BCUT2D eigenvalue weighted by Crippen LogP contribution is 2.31. The topological polar surface area (TPSA) is 44.4 Å². The maximum absolute atomic E-state index is 11.9. The molecule has 4 nitrogen and oxygen atoms in total. The van der Waals surface area contributed by atoms with Gasteiger partial charge in [-0.05, 0) is 57.0 Å². The van der Waals surface area contributed by atoms with E-state index in [9.17, 15) is 4.79 Å². The number of nitrogens with one attached hydrogen (secondary N) is 2. The van der Waals surface area contributed by atoms with Crippen LogP contribution in [0.1, 0.15) is 38.5 Å². The second-order valence-electron chi connectivity index (χ2n) is 6.18. The maximum atomic E-state index is 11.9. The van der Waals surface area contributed by atoms with Crippen molar-refractivity contribution >= 4 is 6.03 Å². The fraction of sp³-hybridized carbons (Fsp3) is 0.929. The third-order valence-corrected chi connectivity index (χ3v) is 5.00. The van der Waals surface area contributed by atoms with Crippen LogP contribution in [0.4, 0.5) is 4.79 Å². The molecule has 1 aliphatic carbocycles. The van der Waals surface area contributed by atoms with Crippen LogP contribution in [-0.4, -0.2) is 43.2 Å². The quantitative estimate of drug-likeness (QED) is 0.796. The molecule has 2 heterocycles. The Kier molecular flexibility index (Phi) is 3.73. The molecule has 2 saturated heterocycles. The molecule has 3 fully saturated rings. The number of hydrogen-bond acceptors (Lipinski definition) is 2. The van der Waals surface area contributed by atoms with Crippen molar-refractivity contribution in [1.82, 2.24) is 15.5 Å². The molecule has 1 atom stereocenters. The van der Waals surface area contributed by atoms with E-state index < -0.39 is 0 Å². The summed E-state index contributed by atoms with van der Waals surface area (Å²) in [7, 11) is 0. The van der Waals surface area contributed by atoms with Crippen LogP contribution in [0.5, 0.6) is 0 Å². The van der Waals surface area contributed by atoms with Gasteiger partial charge in [-0.1, -0.05) is 6.42 Å². The zero-order valence-electron chi connectivity index (χ0n) is 11.2. The third kappa shape index (κ3) is 2.63. The van der Waals surface area contributed by atoms with Gasteiger partial charge in [-0.3, -0.25) is 0 Å². The van der Waals surface area contributed by atoms with E-state index in [0.717, 1.165) is 38.0 Å². The molecule has 0 bridgehead atoms.